The Morgan fingerprint density at radius 2 is 2.07 bits per heavy atom. The van der Waals surface area contributed by atoms with E-state index in [1.807, 2.05) is 32.3 Å². The predicted molar refractivity (Wildman–Crippen MR) is 110 cm³/mol. The second kappa shape index (κ2) is 8.31. The van der Waals surface area contributed by atoms with E-state index in [0.29, 0.717) is 18.0 Å². The average molecular weight is 368 g/mol. The monoisotopic (exact) mass is 368 g/mol. The lowest BCUT2D eigenvalue weighted by molar-refractivity contribution is 0.243. The number of rotatable bonds is 6. The lowest BCUT2D eigenvalue weighted by atomic mass is 10.0. The lowest BCUT2D eigenvalue weighted by Gasteiger charge is -2.26. The molecule has 0 bridgehead atoms. The van der Waals surface area contributed by atoms with Crippen molar-refractivity contribution in [3.05, 3.63) is 53.6 Å². The first-order chi connectivity index (χ1) is 13.0. The summed E-state index contributed by atoms with van der Waals surface area (Å²) in [6.45, 7) is 1.59. The van der Waals surface area contributed by atoms with Crippen molar-refractivity contribution in [1.82, 2.24) is 10.2 Å². The summed E-state index contributed by atoms with van der Waals surface area (Å²) < 4.78 is 5.19. The summed E-state index contributed by atoms with van der Waals surface area (Å²) in [6.07, 6.45) is 1.07. The van der Waals surface area contributed by atoms with Crippen LogP contribution in [0, 0.1) is 0 Å². The molecule has 27 heavy (non-hydrogen) atoms. The van der Waals surface area contributed by atoms with Crippen molar-refractivity contribution < 1.29 is 9.53 Å². The topological polar surface area (TPSA) is 56.8 Å². The second-order valence-electron chi connectivity index (χ2n) is 7.11. The number of likely N-dealkylation sites (N-methyl/N-ethyl adjacent to an activating group) is 2. The summed E-state index contributed by atoms with van der Waals surface area (Å²) in [6, 6.07) is 13.8. The highest BCUT2D eigenvalue weighted by atomic mass is 16.5. The third kappa shape index (κ3) is 4.52. The number of nitrogens with one attached hydrogen (secondary N) is 2. The molecule has 2 aromatic rings. The Morgan fingerprint density at radius 3 is 2.81 bits per heavy atom. The number of anilines is 2. The van der Waals surface area contributed by atoms with Gasteiger partial charge in [0.25, 0.3) is 0 Å². The van der Waals surface area contributed by atoms with E-state index in [1.165, 1.54) is 16.8 Å². The molecule has 144 valence electrons. The molecular weight excluding hydrogens is 340 g/mol. The Kier molecular flexibility index (Phi) is 5.86. The fraction of sp³-hybridized carbons (Fsp3) is 0.381. The molecule has 0 saturated heterocycles. The maximum Gasteiger partial charge on any atom is 0.319 e. The number of benzene rings is 2. The van der Waals surface area contributed by atoms with Crippen LogP contribution in [0.2, 0.25) is 0 Å². The molecule has 2 aromatic carbocycles. The number of methoxy groups -OCH3 is 1. The number of carbonyl (C=O) groups excluding carboxylic acids is 1. The Morgan fingerprint density at radius 1 is 1.26 bits per heavy atom. The van der Waals surface area contributed by atoms with Crippen LogP contribution in [-0.2, 0) is 6.42 Å². The van der Waals surface area contributed by atoms with Crippen LogP contribution in [0.15, 0.2) is 42.5 Å². The van der Waals surface area contributed by atoms with Crippen LogP contribution >= 0.6 is 0 Å². The minimum absolute atomic E-state index is 0.109. The van der Waals surface area contributed by atoms with Crippen molar-refractivity contribution >= 4 is 17.4 Å². The van der Waals surface area contributed by atoms with Crippen LogP contribution in [-0.4, -0.2) is 52.3 Å². The van der Waals surface area contributed by atoms with Crippen molar-refractivity contribution in [1.29, 1.82) is 0 Å². The van der Waals surface area contributed by atoms with Crippen LogP contribution in [0.1, 0.15) is 17.2 Å². The van der Waals surface area contributed by atoms with Gasteiger partial charge in [-0.1, -0.05) is 18.2 Å². The predicted octanol–water partition coefficient (Wildman–Crippen LogP) is 3.11. The first-order valence-electron chi connectivity index (χ1n) is 9.17. The van der Waals surface area contributed by atoms with Gasteiger partial charge in [0.15, 0.2) is 0 Å². The highest BCUT2D eigenvalue weighted by Crippen LogP contribution is 2.30. The summed E-state index contributed by atoms with van der Waals surface area (Å²) in [5.74, 6) is 0.710. The van der Waals surface area contributed by atoms with E-state index < -0.39 is 0 Å². The maximum absolute atomic E-state index is 12.3. The van der Waals surface area contributed by atoms with Crippen molar-refractivity contribution in [3.8, 4) is 5.75 Å². The van der Waals surface area contributed by atoms with Crippen LogP contribution < -0.4 is 20.3 Å². The SMILES string of the molecule is COc1cccc(NC(=O)NCC(c2ccc3c(c2)CCN3C)N(C)C)c1. The first kappa shape index (κ1) is 19.0. The third-order valence-corrected chi connectivity index (χ3v) is 5.02. The number of nitrogens with zero attached hydrogens (tertiary/aromatic N) is 2. The highest BCUT2D eigenvalue weighted by molar-refractivity contribution is 5.89. The van der Waals surface area contributed by atoms with Gasteiger partial charge in [-0.25, -0.2) is 4.79 Å². The number of fused-ring (bicyclic) bond motifs is 1. The van der Waals surface area contributed by atoms with E-state index in [-0.39, 0.29) is 12.1 Å². The van der Waals surface area contributed by atoms with Gasteiger partial charge in [0, 0.05) is 37.6 Å². The first-order valence-corrected chi connectivity index (χ1v) is 9.17. The van der Waals surface area contributed by atoms with Crippen molar-refractivity contribution in [2.24, 2.45) is 0 Å². The van der Waals surface area contributed by atoms with E-state index in [1.54, 1.807) is 13.2 Å². The Hall–Kier alpha value is -2.73. The summed E-state index contributed by atoms with van der Waals surface area (Å²) in [4.78, 5) is 16.7. The van der Waals surface area contributed by atoms with Crippen molar-refractivity contribution in [2.45, 2.75) is 12.5 Å². The van der Waals surface area contributed by atoms with Gasteiger partial charge in [0.2, 0.25) is 0 Å². The Bertz CT molecular complexity index is 807. The molecule has 0 aliphatic carbocycles. The molecule has 1 unspecified atom stereocenters. The number of carbonyl (C=O) groups is 1. The Balaban J connectivity index is 1.64. The molecule has 1 aliphatic heterocycles. The van der Waals surface area contributed by atoms with Gasteiger partial charge < -0.3 is 25.2 Å². The van der Waals surface area contributed by atoms with E-state index in [2.05, 4.69) is 45.7 Å². The lowest BCUT2D eigenvalue weighted by Crippen LogP contribution is -2.36. The van der Waals surface area contributed by atoms with Crippen LogP contribution in [0.25, 0.3) is 0 Å². The zero-order valence-corrected chi connectivity index (χ0v) is 16.5. The number of hydrogen-bond acceptors (Lipinski definition) is 4. The molecule has 2 N–H and O–H groups in total. The molecule has 0 radical (unpaired) electrons. The van der Waals surface area contributed by atoms with Crippen LogP contribution in [0.3, 0.4) is 0 Å². The summed E-state index contributed by atoms with van der Waals surface area (Å²) >= 11 is 0. The quantitative estimate of drug-likeness (QED) is 0.823. The second-order valence-corrected chi connectivity index (χ2v) is 7.11. The van der Waals surface area contributed by atoms with Gasteiger partial charge in [-0.2, -0.15) is 0 Å². The summed E-state index contributed by atoms with van der Waals surface area (Å²) in [5.41, 5.74) is 4.60. The zero-order valence-electron chi connectivity index (χ0n) is 16.5. The fourth-order valence-electron chi connectivity index (χ4n) is 3.46. The van der Waals surface area contributed by atoms with Crippen molar-refractivity contribution in [2.75, 3.05) is 51.6 Å². The van der Waals surface area contributed by atoms with Crippen LogP contribution in [0.5, 0.6) is 5.75 Å². The normalized spacial score (nSPS) is 14.0. The highest BCUT2D eigenvalue weighted by Gasteiger charge is 2.20. The maximum atomic E-state index is 12.3. The zero-order chi connectivity index (χ0) is 19.4. The standard InChI is InChI=1S/C21H28N4O2/c1-24(2)20(15-8-9-19-16(12-15)10-11-25(19)3)14-22-21(26)23-17-6-5-7-18(13-17)27-4/h5-9,12-13,20H,10-11,14H2,1-4H3,(H2,22,23,26). The third-order valence-electron chi connectivity index (χ3n) is 5.02. The van der Waals surface area contributed by atoms with E-state index in [9.17, 15) is 4.79 Å². The smallest absolute Gasteiger partial charge is 0.319 e. The summed E-state index contributed by atoms with van der Waals surface area (Å²) in [7, 11) is 7.80. The average Bonchev–Trinajstić information content (AvgIpc) is 3.02. The number of ether oxygens (including phenoxy) is 1. The Labute approximate surface area is 161 Å². The largest absolute Gasteiger partial charge is 0.497 e. The molecule has 2 amide bonds. The van der Waals surface area contributed by atoms with Gasteiger partial charge >= 0.3 is 6.03 Å². The molecule has 0 fully saturated rings. The fourth-order valence-corrected chi connectivity index (χ4v) is 3.46. The molecular formula is C21H28N4O2. The molecule has 1 atom stereocenters. The van der Waals surface area contributed by atoms with Gasteiger partial charge in [0.1, 0.15) is 5.75 Å². The molecule has 0 saturated carbocycles. The van der Waals surface area contributed by atoms with E-state index in [0.717, 1.165) is 13.0 Å². The van der Waals surface area contributed by atoms with Gasteiger partial charge in [-0.3, -0.25) is 0 Å². The van der Waals surface area contributed by atoms with Gasteiger partial charge in [-0.15, -0.1) is 0 Å². The molecule has 6 heteroatoms. The number of hydrogen-bond donors (Lipinski definition) is 2. The number of amides is 2. The van der Waals surface area contributed by atoms with Crippen molar-refractivity contribution in [3.63, 3.8) is 0 Å². The minimum Gasteiger partial charge on any atom is -0.497 e. The minimum atomic E-state index is -0.226. The molecule has 1 aliphatic rings. The van der Waals surface area contributed by atoms with E-state index in [4.69, 9.17) is 4.74 Å². The molecule has 0 spiro atoms. The molecule has 0 aromatic heterocycles. The van der Waals surface area contributed by atoms with E-state index >= 15 is 0 Å². The molecule has 3 rings (SSSR count). The van der Waals surface area contributed by atoms with Crippen LogP contribution in [0.4, 0.5) is 16.2 Å². The molecule has 1 heterocycles. The van der Waals surface area contributed by atoms with Gasteiger partial charge in [0.05, 0.1) is 13.2 Å². The summed E-state index contributed by atoms with van der Waals surface area (Å²) in [5, 5.41) is 5.84. The molecule has 6 nitrogen and oxygen atoms in total. The van der Waals surface area contributed by atoms with Gasteiger partial charge in [-0.05, 0) is 49.8 Å². The number of urea groups is 1.